The molecule has 1 atom stereocenters. The van der Waals surface area contributed by atoms with E-state index in [4.69, 9.17) is 4.74 Å². The summed E-state index contributed by atoms with van der Waals surface area (Å²) in [4.78, 5) is 11.2. The molecule has 0 bridgehead atoms. The summed E-state index contributed by atoms with van der Waals surface area (Å²) in [5, 5.41) is 0. The van der Waals surface area contributed by atoms with Crippen molar-refractivity contribution in [2.45, 2.75) is 33.8 Å². The van der Waals surface area contributed by atoms with Gasteiger partial charge in [0.1, 0.15) is 6.10 Å². The van der Waals surface area contributed by atoms with Crippen molar-refractivity contribution >= 4 is 15.9 Å². The smallest absolute Gasteiger partial charge is 0.262 e. The lowest BCUT2D eigenvalue weighted by molar-refractivity contribution is -0.131. The SMILES string of the molecule is CC.COC(C(=O)NS(C)(=O)=O)C(C)C. The fourth-order valence-corrected chi connectivity index (χ4v) is 1.40. The third-order valence-electron chi connectivity index (χ3n) is 1.40. The molecule has 0 aromatic rings. The molecule has 1 amide bonds. The second-order valence-electron chi connectivity index (χ2n) is 3.14. The van der Waals surface area contributed by atoms with Crippen molar-refractivity contribution < 1.29 is 17.9 Å². The van der Waals surface area contributed by atoms with Gasteiger partial charge in [0, 0.05) is 7.11 Å². The van der Waals surface area contributed by atoms with E-state index in [0.29, 0.717) is 0 Å². The molecule has 92 valence electrons. The fourth-order valence-electron chi connectivity index (χ4n) is 0.923. The summed E-state index contributed by atoms with van der Waals surface area (Å²) in [6, 6.07) is 0. The first-order chi connectivity index (χ1) is 6.78. The number of hydrogen-bond donors (Lipinski definition) is 1. The molecule has 15 heavy (non-hydrogen) atoms. The Balaban J connectivity index is 0. The third kappa shape index (κ3) is 8.38. The van der Waals surface area contributed by atoms with Crippen LogP contribution in [0.15, 0.2) is 0 Å². The molecule has 5 nitrogen and oxygen atoms in total. The zero-order chi connectivity index (χ0) is 12.6. The van der Waals surface area contributed by atoms with Crippen LogP contribution in [-0.2, 0) is 19.6 Å². The molecule has 0 saturated carbocycles. The van der Waals surface area contributed by atoms with Crippen LogP contribution < -0.4 is 4.72 Å². The summed E-state index contributed by atoms with van der Waals surface area (Å²) in [5.74, 6) is -0.688. The quantitative estimate of drug-likeness (QED) is 0.786. The Morgan fingerprint density at radius 1 is 1.27 bits per heavy atom. The molecule has 0 radical (unpaired) electrons. The standard InChI is InChI=1S/C7H15NO4S.C2H6/c1-5(2)6(12-3)7(9)8-13(4,10)11;1-2/h5-6H,1-4H3,(H,8,9);1-2H3. The van der Waals surface area contributed by atoms with Crippen molar-refractivity contribution in [3.63, 3.8) is 0 Å². The van der Waals surface area contributed by atoms with Gasteiger partial charge in [-0.3, -0.25) is 9.52 Å². The van der Waals surface area contributed by atoms with Crippen LogP contribution in [0.4, 0.5) is 0 Å². The van der Waals surface area contributed by atoms with Crippen LogP contribution in [0.2, 0.25) is 0 Å². The lowest BCUT2D eigenvalue weighted by atomic mass is 10.1. The minimum Gasteiger partial charge on any atom is -0.371 e. The number of ether oxygens (including phenoxy) is 1. The Morgan fingerprint density at radius 2 is 1.67 bits per heavy atom. The molecule has 1 N–H and O–H groups in total. The Morgan fingerprint density at radius 3 is 1.87 bits per heavy atom. The second kappa shape index (κ2) is 7.64. The topological polar surface area (TPSA) is 72.5 Å². The van der Waals surface area contributed by atoms with Gasteiger partial charge in [-0.05, 0) is 5.92 Å². The number of methoxy groups -OCH3 is 1. The number of sulfonamides is 1. The van der Waals surface area contributed by atoms with Gasteiger partial charge in [-0.1, -0.05) is 27.7 Å². The van der Waals surface area contributed by atoms with Gasteiger partial charge < -0.3 is 4.74 Å². The van der Waals surface area contributed by atoms with Gasteiger partial charge in [0.05, 0.1) is 6.26 Å². The van der Waals surface area contributed by atoms with Crippen LogP contribution in [-0.4, -0.2) is 33.8 Å². The predicted octanol–water partition coefficient (Wildman–Crippen LogP) is 0.759. The van der Waals surface area contributed by atoms with E-state index in [1.807, 2.05) is 18.6 Å². The van der Waals surface area contributed by atoms with E-state index in [0.717, 1.165) is 6.26 Å². The molecular weight excluding hydrogens is 218 g/mol. The van der Waals surface area contributed by atoms with E-state index in [1.54, 1.807) is 13.8 Å². The van der Waals surface area contributed by atoms with Gasteiger partial charge in [0.25, 0.3) is 5.91 Å². The maximum Gasteiger partial charge on any atom is 0.262 e. The van der Waals surface area contributed by atoms with Crippen LogP contribution in [0.3, 0.4) is 0 Å². The normalized spacial score (nSPS) is 12.7. The number of carbonyl (C=O) groups is 1. The van der Waals surface area contributed by atoms with Crippen LogP contribution in [0.25, 0.3) is 0 Å². The monoisotopic (exact) mass is 239 g/mol. The first-order valence-electron chi connectivity index (χ1n) is 4.82. The van der Waals surface area contributed by atoms with Gasteiger partial charge in [-0.25, -0.2) is 8.42 Å². The van der Waals surface area contributed by atoms with Gasteiger partial charge >= 0.3 is 0 Å². The zero-order valence-corrected chi connectivity index (χ0v) is 11.0. The van der Waals surface area contributed by atoms with Gasteiger partial charge in [-0.15, -0.1) is 0 Å². The molecule has 0 fully saturated rings. The second-order valence-corrected chi connectivity index (χ2v) is 4.89. The van der Waals surface area contributed by atoms with Crippen LogP contribution in [0.1, 0.15) is 27.7 Å². The van der Waals surface area contributed by atoms with E-state index < -0.39 is 22.0 Å². The van der Waals surface area contributed by atoms with Gasteiger partial charge in [0.15, 0.2) is 0 Å². The molecule has 0 aliphatic heterocycles. The highest BCUT2D eigenvalue weighted by atomic mass is 32.2. The maximum absolute atomic E-state index is 11.2. The van der Waals surface area contributed by atoms with Crippen LogP contribution >= 0.6 is 0 Å². The average molecular weight is 239 g/mol. The highest BCUT2D eigenvalue weighted by Crippen LogP contribution is 2.05. The molecule has 0 aromatic carbocycles. The molecule has 0 saturated heterocycles. The highest BCUT2D eigenvalue weighted by Gasteiger charge is 2.23. The van der Waals surface area contributed by atoms with Crippen LogP contribution in [0, 0.1) is 5.92 Å². The van der Waals surface area contributed by atoms with Crippen molar-refractivity contribution in [2.75, 3.05) is 13.4 Å². The summed E-state index contributed by atoms with van der Waals surface area (Å²) in [6.07, 6.45) is 0.201. The Kier molecular flexibility index (Phi) is 8.56. The number of carbonyl (C=O) groups excluding carboxylic acids is 1. The van der Waals surface area contributed by atoms with E-state index >= 15 is 0 Å². The molecular formula is C9H21NO4S. The Labute approximate surface area is 92.3 Å². The number of nitrogens with one attached hydrogen (secondary N) is 1. The summed E-state index contributed by atoms with van der Waals surface area (Å²) >= 11 is 0. The van der Waals surface area contributed by atoms with E-state index in [-0.39, 0.29) is 5.92 Å². The Bertz CT molecular complexity index is 272. The minimum absolute atomic E-state index is 0.0632. The number of amides is 1. The summed E-state index contributed by atoms with van der Waals surface area (Å²) in [6.45, 7) is 7.55. The van der Waals surface area contributed by atoms with Crippen molar-refractivity contribution in [1.29, 1.82) is 0 Å². The summed E-state index contributed by atoms with van der Waals surface area (Å²) in [7, 11) is -2.12. The highest BCUT2D eigenvalue weighted by molar-refractivity contribution is 7.89. The van der Waals surface area contributed by atoms with Gasteiger partial charge in [-0.2, -0.15) is 0 Å². The third-order valence-corrected chi connectivity index (χ3v) is 1.98. The molecule has 1 unspecified atom stereocenters. The van der Waals surface area contributed by atoms with E-state index in [9.17, 15) is 13.2 Å². The zero-order valence-electron chi connectivity index (χ0n) is 10.2. The van der Waals surface area contributed by atoms with Crippen molar-refractivity contribution in [3.05, 3.63) is 0 Å². The average Bonchev–Trinajstić information content (AvgIpc) is 2.04. The molecule has 0 aliphatic rings. The fraction of sp³-hybridized carbons (Fsp3) is 0.889. The molecule has 0 aromatic heterocycles. The van der Waals surface area contributed by atoms with Crippen LogP contribution in [0.5, 0.6) is 0 Å². The molecule has 0 aliphatic carbocycles. The van der Waals surface area contributed by atoms with Crippen molar-refractivity contribution in [2.24, 2.45) is 5.92 Å². The summed E-state index contributed by atoms with van der Waals surface area (Å²) < 4.78 is 28.1. The van der Waals surface area contributed by atoms with Crippen molar-refractivity contribution in [1.82, 2.24) is 4.72 Å². The van der Waals surface area contributed by atoms with E-state index in [2.05, 4.69) is 0 Å². The first kappa shape index (κ1) is 16.8. The maximum atomic E-state index is 11.2. The number of hydrogen-bond acceptors (Lipinski definition) is 4. The molecule has 6 heteroatoms. The molecule has 0 spiro atoms. The molecule has 0 rings (SSSR count). The molecule has 0 heterocycles. The largest absolute Gasteiger partial charge is 0.371 e. The summed E-state index contributed by atoms with van der Waals surface area (Å²) in [5.41, 5.74) is 0. The Hall–Kier alpha value is -0.620. The lowest BCUT2D eigenvalue weighted by Gasteiger charge is -2.17. The lowest BCUT2D eigenvalue weighted by Crippen LogP contribution is -2.41. The number of rotatable bonds is 4. The van der Waals surface area contributed by atoms with Crippen molar-refractivity contribution in [3.8, 4) is 0 Å². The van der Waals surface area contributed by atoms with Gasteiger partial charge in [0.2, 0.25) is 10.0 Å². The first-order valence-corrected chi connectivity index (χ1v) is 6.71. The van der Waals surface area contributed by atoms with E-state index in [1.165, 1.54) is 7.11 Å². The minimum atomic E-state index is -3.49. The predicted molar refractivity (Wildman–Crippen MR) is 60.0 cm³/mol.